The third-order valence-corrected chi connectivity index (χ3v) is 3.07. The summed E-state index contributed by atoms with van der Waals surface area (Å²) in [5.41, 5.74) is 1.19. The average Bonchev–Trinajstić information content (AvgIpc) is 2.46. The number of phenols is 1. The zero-order chi connectivity index (χ0) is 15.4. The Morgan fingerprint density at radius 3 is 2.57 bits per heavy atom. The molecule has 0 bridgehead atoms. The van der Waals surface area contributed by atoms with Crippen molar-refractivity contribution in [2.24, 2.45) is 0 Å². The number of aromatic hydroxyl groups is 1. The quantitative estimate of drug-likeness (QED) is 0.520. The van der Waals surface area contributed by atoms with Crippen LogP contribution in [-0.4, -0.2) is 24.3 Å². The van der Waals surface area contributed by atoms with E-state index in [0.717, 1.165) is 16.3 Å². The summed E-state index contributed by atoms with van der Waals surface area (Å²) in [4.78, 5) is 11.3. The van der Waals surface area contributed by atoms with Crippen LogP contribution in [0.5, 0.6) is 11.5 Å². The molecular weight excluding hydrogens is 268 g/mol. The highest BCUT2D eigenvalue weighted by molar-refractivity contribution is 5.94. The number of aryl methyl sites for hydroxylation is 1. The molecule has 0 aliphatic carbocycles. The first kappa shape index (κ1) is 14.9. The number of carbonyl (C=O) groups is 1. The number of hydrogen-bond acceptors (Lipinski definition) is 4. The van der Waals surface area contributed by atoms with Crippen LogP contribution in [0.15, 0.2) is 42.5 Å². The molecule has 0 spiro atoms. The number of fused-ring (bicyclic) bond motifs is 1. The molecule has 0 heterocycles. The maximum Gasteiger partial charge on any atom is 0.333 e. The maximum absolute atomic E-state index is 11.3. The van der Waals surface area contributed by atoms with E-state index in [1.165, 1.54) is 0 Å². The van der Waals surface area contributed by atoms with Crippen LogP contribution in [-0.2, 0) is 9.53 Å². The highest BCUT2D eigenvalue weighted by Crippen LogP contribution is 2.35. The lowest BCUT2D eigenvalue weighted by Crippen LogP contribution is -2.12. The Balaban J connectivity index is 2.12. The fourth-order valence-electron chi connectivity index (χ4n) is 2.06. The number of hydrogen-bond donors (Lipinski definition) is 1. The topological polar surface area (TPSA) is 55.8 Å². The van der Waals surface area contributed by atoms with Crippen LogP contribution in [0.25, 0.3) is 10.8 Å². The summed E-state index contributed by atoms with van der Waals surface area (Å²) in [5, 5.41) is 11.5. The molecule has 2 rings (SSSR count). The number of phenolic OH excluding ortho intramolecular Hbond substituents is 1. The molecule has 1 N–H and O–H groups in total. The lowest BCUT2D eigenvalue weighted by molar-refractivity contribution is -0.139. The molecule has 0 atom stereocenters. The highest BCUT2D eigenvalue weighted by Gasteiger charge is 2.10. The molecule has 0 saturated carbocycles. The monoisotopic (exact) mass is 286 g/mol. The third kappa shape index (κ3) is 3.34. The largest absolute Gasteiger partial charge is 0.507 e. The fraction of sp³-hybridized carbons (Fsp3) is 0.235. The van der Waals surface area contributed by atoms with Crippen molar-refractivity contribution in [2.45, 2.75) is 13.8 Å². The lowest BCUT2D eigenvalue weighted by Gasteiger charge is -2.13. The summed E-state index contributed by atoms with van der Waals surface area (Å²) in [6.45, 7) is 7.37. The summed E-state index contributed by atoms with van der Waals surface area (Å²) in [5.74, 6) is 0.491. The summed E-state index contributed by atoms with van der Waals surface area (Å²) < 4.78 is 10.7. The smallest absolute Gasteiger partial charge is 0.333 e. The molecule has 0 unspecified atom stereocenters. The van der Waals surface area contributed by atoms with Gasteiger partial charge in [0.2, 0.25) is 0 Å². The van der Waals surface area contributed by atoms with Crippen LogP contribution in [0.2, 0.25) is 0 Å². The summed E-state index contributed by atoms with van der Waals surface area (Å²) in [6.07, 6.45) is 0. The van der Waals surface area contributed by atoms with Gasteiger partial charge in [-0.3, -0.25) is 0 Å². The minimum atomic E-state index is -0.425. The highest BCUT2D eigenvalue weighted by atomic mass is 16.6. The van der Waals surface area contributed by atoms with Gasteiger partial charge in [-0.2, -0.15) is 0 Å². The average molecular weight is 286 g/mol. The first-order valence-electron chi connectivity index (χ1n) is 6.67. The van der Waals surface area contributed by atoms with Crippen molar-refractivity contribution >= 4 is 16.7 Å². The summed E-state index contributed by atoms with van der Waals surface area (Å²) in [6, 6.07) is 9.12. The molecule has 0 radical (unpaired) electrons. The van der Waals surface area contributed by atoms with Crippen molar-refractivity contribution in [3.05, 3.63) is 48.0 Å². The maximum atomic E-state index is 11.3. The summed E-state index contributed by atoms with van der Waals surface area (Å²) >= 11 is 0. The van der Waals surface area contributed by atoms with Crippen LogP contribution in [0, 0.1) is 6.92 Å². The molecule has 2 aromatic rings. The Morgan fingerprint density at radius 1 is 1.24 bits per heavy atom. The predicted octanol–water partition coefficient (Wildman–Crippen LogP) is 3.35. The van der Waals surface area contributed by atoms with Gasteiger partial charge in [-0.1, -0.05) is 30.8 Å². The van der Waals surface area contributed by atoms with Gasteiger partial charge in [-0.05, 0) is 25.5 Å². The Labute approximate surface area is 123 Å². The minimum absolute atomic E-state index is 0.153. The summed E-state index contributed by atoms with van der Waals surface area (Å²) in [7, 11) is 0. The zero-order valence-electron chi connectivity index (χ0n) is 12.2. The molecule has 0 amide bonds. The predicted molar refractivity (Wildman–Crippen MR) is 81.6 cm³/mol. The van der Waals surface area contributed by atoms with Gasteiger partial charge in [0.1, 0.15) is 24.7 Å². The second kappa shape index (κ2) is 6.31. The first-order valence-corrected chi connectivity index (χ1v) is 6.67. The number of esters is 1. The van der Waals surface area contributed by atoms with Gasteiger partial charge in [0.15, 0.2) is 0 Å². The third-order valence-electron chi connectivity index (χ3n) is 3.07. The molecular formula is C17H18O4. The number of ether oxygens (including phenoxy) is 2. The van der Waals surface area contributed by atoms with E-state index in [1.807, 2.05) is 31.2 Å². The second-order valence-electron chi connectivity index (χ2n) is 4.85. The molecule has 0 aromatic heterocycles. The van der Waals surface area contributed by atoms with Gasteiger partial charge >= 0.3 is 5.97 Å². The van der Waals surface area contributed by atoms with Crippen molar-refractivity contribution in [1.29, 1.82) is 0 Å². The van der Waals surface area contributed by atoms with Crippen LogP contribution >= 0.6 is 0 Å². The second-order valence-corrected chi connectivity index (χ2v) is 4.85. The Bertz CT molecular complexity index is 688. The molecule has 110 valence electrons. The van der Waals surface area contributed by atoms with E-state index < -0.39 is 5.97 Å². The van der Waals surface area contributed by atoms with Crippen LogP contribution < -0.4 is 4.74 Å². The number of carbonyl (C=O) groups excluding carboxylic acids is 1. The van der Waals surface area contributed by atoms with E-state index in [9.17, 15) is 9.90 Å². The van der Waals surface area contributed by atoms with Crippen molar-refractivity contribution in [2.75, 3.05) is 13.2 Å². The lowest BCUT2D eigenvalue weighted by atomic mass is 10.1. The molecule has 0 fully saturated rings. The van der Waals surface area contributed by atoms with E-state index in [1.54, 1.807) is 13.0 Å². The standard InChI is InChI=1S/C17H18O4/c1-11(2)17(19)21-9-8-20-16-12(3)10-15(18)13-6-4-5-7-14(13)16/h4-7,10,18H,1,8-9H2,2-3H3. The molecule has 0 saturated heterocycles. The fourth-order valence-corrected chi connectivity index (χ4v) is 2.06. The zero-order valence-corrected chi connectivity index (χ0v) is 12.2. The van der Waals surface area contributed by atoms with Crippen molar-refractivity contribution in [1.82, 2.24) is 0 Å². The molecule has 21 heavy (non-hydrogen) atoms. The van der Waals surface area contributed by atoms with E-state index in [4.69, 9.17) is 9.47 Å². The van der Waals surface area contributed by atoms with Crippen LogP contribution in [0.1, 0.15) is 12.5 Å². The van der Waals surface area contributed by atoms with Gasteiger partial charge in [0.05, 0.1) is 0 Å². The van der Waals surface area contributed by atoms with Crippen molar-refractivity contribution < 1.29 is 19.4 Å². The van der Waals surface area contributed by atoms with Crippen molar-refractivity contribution in [3.63, 3.8) is 0 Å². The normalized spacial score (nSPS) is 10.4. The van der Waals surface area contributed by atoms with Gasteiger partial charge in [0.25, 0.3) is 0 Å². The molecule has 4 nitrogen and oxygen atoms in total. The van der Waals surface area contributed by atoms with E-state index in [2.05, 4.69) is 6.58 Å². The Hall–Kier alpha value is -2.49. The first-order chi connectivity index (χ1) is 10.0. The number of benzene rings is 2. The molecule has 4 heteroatoms. The van der Waals surface area contributed by atoms with Gasteiger partial charge in [-0.15, -0.1) is 0 Å². The minimum Gasteiger partial charge on any atom is -0.507 e. The van der Waals surface area contributed by atoms with E-state index >= 15 is 0 Å². The SMILES string of the molecule is C=C(C)C(=O)OCCOc1c(C)cc(O)c2ccccc12. The van der Waals surface area contributed by atoms with E-state index in [-0.39, 0.29) is 19.0 Å². The molecule has 0 aliphatic heterocycles. The molecule has 0 aliphatic rings. The Morgan fingerprint density at radius 2 is 1.90 bits per heavy atom. The van der Waals surface area contributed by atoms with Gasteiger partial charge in [-0.25, -0.2) is 4.79 Å². The number of rotatable bonds is 5. The molecule has 2 aromatic carbocycles. The van der Waals surface area contributed by atoms with Gasteiger partial charge < -0.3 is 14.6 Å². The van der Waals surface area contributed by atoms with E-state index in [0.29, 0.717) is 11.3 Å². The van der Waals surface area contributed by atoms with Gasteiger partial charge in [0, 0.05) is 16.3 Å². The van der Waals surface area contributed by atoms with Crippen molar-refractivity contribution in [3.8, 4) is 11.5 Å². The van der Waals surface area contributed by atoms with Crippen LogP contribution in [0.3, 0.4) is 0 Å². The Kier molecular flexibility index (Phi) is 4.48. The van der Waals surface area contributed by atoms with Crippen LogP contribution in [0.4, 0.5) is 0 Å².